The molecular formula is C16H17F3N2O. The van der Waals surface area contributed by atoms with Gasteiger partial charge in [0.15, 0.2) is 5.78 Å². The van der Waals surface area contributed by atoms with Crippen LogP contribution in [0.5, 0.6) is 0 Å². The van der Waals surface area contributed by atoms with Gasteiger partial charge >= 0.3 is 6.18 Å². The number of anilines is 2. The zero-order valence-corrected chi connectivity index (χ0v) is 12.4. The number of carbonyl (C=O) groups is 1. The Bertz CT molecular complexity index is 734. The Hall–Kier alpha value is -1.98. The number of nitrogen functional groups attached to an aromatic ring is 2. The zero-order valence-electron chi connectivity index (χ0n) is 12.4. The second kappa shape index (κ2) is 4.27. The van der Waals surface area contributed by atoms with Crippen LogP contribution in [0.3, 0.4) is 0 Å². The second-order valence-electron chi connectivity index (χ2n) is 6.46. The maximum Gasteiger partial charge on any atom is 0.420 e. The number of allylic oxidation sites excluding steroid dienone is 2. The molecule has 0 bridgehead atoms. The number of Topliss-reactive ketones (excluding diaryl/α,β-unsaturated/α-hetero) is 1. The number of carbonyl (C=O) groups excluding carboxylic acids is 1. The van der Waals surface area contributed by atoms with E-state index < -0.39 is 22.9 Å². The van der Waals surface area contributed by atoms with Gasteiger partial charge in [0.05, 0.1) is 11.4 Å². The summed E-state index contributed by atoms with van der Waals surface area (Å²) in [5.74, 6) is -0.833. The molecule has 0 fully saturated rings. The van der Waals surface area contributed by atoms with E-state index >= 15 is 0 Å². The highest BCUT2D eigenvalue weighted by Crippen LogP contribution is 2.57. The summed E-state index contributed by atoms with van der Waals surface area (Å²) in [5, 5.41) is 0. The van der Waals surface area contributed by atoms with E-state index in [1.807, 2.05) is 0 Å². The van der Waals surface area contributed by atoms with Crippen LogP contribution in [0.4, 0.5) is 24.5 Å². The first kappa shape index (κ1) is 14.9. The molecule has 0 spiro atoms. The molecule has 0 amide bonds. The molecule has 3 rings (SSSR count). The third-order valence-electron chi connectivity index (χ3n) is 4.88. The fourth-order valence-electron chi connectivity index (χ4n) is 3.72. The standard InChI is InChI=1S/C16H17F3N2O/c1-7-5-8-9(14(21)13(7)20)6-15(2)4-3-10(22)12(11(8)15)16(17,18)19/h5H,3-4,6,20-21H2,1-2H3. The summed E-state index contributed by atoms with van der Waals surface area (Å²) in [6, 6.07) is 1.63. The third kappa shape index (κ3) is 1.86. The first-order chi connectivity index (χ1) is 10.1. The van der Waals surface area contributed by atoms with E-state index in [0.29, 0.717) is 40.9 Å². The van der Waals surface area contributed by atoms with Gasteiger partial charge < -0.3 is 11.5 Å². The van der Waals surface area contributed by atoms with E-state index in [9.17, 15) is 18.0 Å². The summed E-state index contributed by atoms with van der Waals surface area (Å²) in [5.41, 5.74) is 12.8. The van der Waals surface area contributed by atoms with Crippen LogP contribution in [-0.2, 0) is 11.2 Å². The Balaban J connectivity index is 2.40. The number of rotatable bonds is 0. The van der Waals surface area contributed by atoms with E-state index in [4.69, 9.17) is 11.5 Å². The smallest absolute Gasteiger partial charge is 0.397 e. The Morgan fingerprint density at radius 3 is 2.45 bits per heavy atom. The molecule has 0 aliphatic heterocycles. The molecule has 0 saturated carbocycles. The fourth-order valence-corrected chi connectivity index (χ4v) is 3.72. The molecule has 1 aromatic carbocycles. The lowest BCUT2D eigenvalue weighted by atomic mass is 9.71. The predicted octanol–water partition coefficient (Wildman–Crippen LogP) is 3.40. The van der Waals surface area contributed by atoms with Crippen molar-refractivity contribution in [2.75, 3.05) is 11.5 Å². The molecule has 0 saturated heterocycles. The minimum Gasteiger partial charge on any atom is -0.397 e. The van der Waals surface area contributed by atoms with Crippen LogP contribution in [0.1, 0.15) is 36.5 Å². The summed E-state index contributed by atoms with van der Waals surface area (Å²) < 4.78 is 40.3. The number of fused-ring (bicyclic) bond motifs is 3. The van der Waals surface area contributed by atoms with Gasteiger partial charge in [0.1, 0.15) is 5.57 Å². The van der Waals surface area contributed by atoms with E-state index in [2.05, 4.69) is 0 Å². The lowest BCUT2D eigenvalue weighted by molar-refractivity contribution is -0.130. The highest BCUT2D eigenvalue weighted by Gasteiger charge is 2.52. The quantitative estimate of drug-likeness (QED) is 0.722. The van der Waals surface area contributed by atoms with Gasteiger partial charge in [-0.15, -0.1) is 0 Å². The highest BCUT2D eigenvalue weighted by atomic mass is 19.4. The van der Waals surface area contributed by atoms with Crippen molar-refractivity contribution >= 4 is 22.7 Å². The molecule has 1 unspecified atom stereocenters. The Labute approximate surface area is 126 Å². The van der Waals surface area contributed by atoms with Gasteiger partial charge in [-0.05, 0) is 53.5 Å². The number of ketones is 1. The molecular weight excluding hydrogens is 293 g/mol. The fraction of sp³-hybridized carbons (Fsp3) is 0.438. The van der Waals surface area contributed by atoms with Crippen LogP contribution in [0, 0.1) is 12.3 Å². The summed E-state index contributed by atoms with van der Waals surface area (Å²) in [6.07, 6.45) is -3.95. The minimum atomic E-state index is -4.65. The number of hydrogen-bond donors (Lipinski definition) is 2. The number of hydrogen-bond acceptors (Lipinski definition) is 3. The van der Waals surface area contributed by atoms with Crippen LogP contribution in [0.15, 0.2) is 11.6 Å². The van der Waals surface area contributed by atoms with E-state index in [-0.39, 0.29) is 12.0 Å². The highest BCUT2D eigenvalue weighted by molar-refractivity contribution is 6.08. The predicted molar refractivity (Wildman–Crippen MR) is 79.0 cm³/mol. The van der Waals surface area contributed by atoms with Crippen LogP contribution in [0.2, 0.25) is 0 Å². The first-order valence-corrected chi connectivity index (χ1v) is 7.09. The molecule has 0 aromatic heterocycles. The van der Waals surface area contributed by atoms with Crippen molar-refractivity contribution in [1.82, 2.24) is 0 Å². The van der Waals surface area contributed by atoms with Crippen molar-refractivity contribution in [1.29, 1.82) is 0 Å². The first-order valence-electron chi connectivity index (χ1n) is 7.09. The number of nitrogens with two attached hydrogens (primary N) is 2. The van der Waals surface area contributed by atoms with E-state index in [1.165, 1.54) is 0 Å². The largest absolute Gasteiger partial charge is 0.420 e. The third-order valence-corrected chi connectivity index (χ3v) is 4.88. The molecule has 6 heteroatoms. The summed E-state index contributed by atoms with van der Waals surface area (Å²) in [4.78, 5) is 11.9. The van der Waals surface area contributed by atoms with Gasteiger partial charge in [0.25, 0.3) is 0 Å². The van der Waals surface area contributed by atoms with Crippen LogP contribution in [-0.4, -0.2) is 12.0 Å². The van der Waals surface area contributed by atoms with Crippen molar-refractivity contribution in [3.8, 4) is 0 Å². The van der Waals surface area contributed by atoms with Crippen LogP contribution in [0.25, 0.3) is 5.57 Å². The maximum atomic E-state index is 13.4. The van der Waals surface area contributed by atoms with Crippen molar-refractivity contribution in [3.05, 3.63) is 28.3 Å². The maximum absolute atomic E-state index is 13.4. The molecule has 1 atom stereocenters. The van der Waals surface area contributed by atoms with Crippen molar-refractivity contribution in [3.63, 3.8) is 0 Å². The summed E-state index contributed by atoms with van der Waals surface area (Å²) >= 11 is 0. The Morgan fingerprint density at radius 2 is 1.86 bits per heavy atom. The molecule has 1 aromatic rings. The Kier molecular flexibility index (Phi) is 2.90. The molecule has 22 heavy (non-hydrogen) atoms. The molecule has 4 N–H and O–H groups in total. The average molecular weight is 310 g/mol. The van der Waals surface area contributed by atoms with Gasteiger partial charge in [-0.3, -0.25) is 4.79 Å². The van der Waals surface area contributed by atoms with E-state index in [0.717, 1.165) is 0 Å². The number of benzene rings is 1. The number of halogens is 3. The lowest BCUT2D eigenvalue weighted by Crippen LogP contribution is -2.32. The molecule has 0 heterocycles. The lowest BCUT2D eigenvalue weighted by Gasteiger charge is -2.33. The van der Waals surface area contributed by atoms with Crippen molar-refractivity contribution < 1.29 is 18.0 Å². The average Bonchev–Trinajstić information content (AvgIpc) is 2.69. The van der Waals surface area contributed by atoms with Crippen molar-refractivity contribution in [2.45, 2.75) is 39.3 Å². The van der Waals surface area contributed by atoms with Crippen LogP contribution >= 0.6 is 0 Å². The molecule has 0 radical (unpaired) electrons. The van der Waals surface area contributed by atoms with E-state index in [1.54, 1.807) is 19.9 Å². The summed E-state index contributed by atoms with van der Waals surface area (Å²) in [7, 11) is 0. The molecule has 118 valence electrons. The second-order valence-corrected chi connectivity index (χ2v) is 6.46. The van der Waals surface area contributed by atoms with Gasteiger partial charge in [-0.1, -0.05) is 6.92 Å². The van der Waals surface area contributed by atoms with Gasteiger partial charge in [0.2, 0.25) is 0 Å². The molecule has 2 aliphatic rings. The summed E-state index contributed by atoms with van der Waals surface area (Å²) in [6.45, 7) is 3.48. The molecule has 3 nitrogen and oxygen atoms in total. The zero-order chi connectivity index (χ0) is 16.4. The SMILES string of the molecule is Cc1cc2c(c(N)c1N)CC1(C)CCC(=O)C(C(F)(F)F)=C21. The monoisotopic (exact) mass is 310 g/mol. The van der Waals surface area contributed by atoms with Crippen LogP contribution < -0.4 is 11.5 Å². The number of aryl methyl sites for hydroxylation is 1. The van der Waals surface area contributed by atoms with Gasteiger partial charge in [-0.2, -0.15) is 13.2 Å². The molecule has 2 aliphatic carbocycles. The van der Waals surface area contributed by atoms with Crippen molar-refractivity contribution in [2.24, 2.45) is 5.41 Å². The van der Waals surface area contributed by atoms with Gasteiger partial charge in [0, 0.05) is 6.42 Å². The number of alkyl halides is 3. The minimum absolute atomic E-state index is 0.0861. The van der Waals surface area contributed by atoms with Gasteiger partial charge in [-0.25, -0.2) is 0 Å². The normalized spacial score (nSPS) is 24.5. The topological polar surface area (TPSA) is 69.1 Å². The Morgan fingerprint density at radius 1 is 1.23 bits per heavy atom.